The number of hydrogen-bond donors (Lipinski definition) is 1. The number of esters is 1. The molecule has 0 aromatic carbocycles. The molecule has 2 heterocycles. The topological polar surface area (TPSA) is 41.6 Å². The summed E-state index contributed by atoms with van der Waals surface area (Å²) in [6, 6.07) is 0. The normalized spacial score (nSPS) is 23.9. The van der Waals surface area contributed by atoms with Gasteiger partial charge in [-0.2, -0.15) is 0 Å². The molecule has 0 amide bonds. The first-order valence-electron chi connectivity index (χ1n) is 6.42. The van der Waals surface area contributed by atoms with Gasteiger partial charge in [0.15, 0.2) is 0 Å². The van der Waals surface area contributed by atoms with E-state index >= 15 is 0 Å². The summed E-state index contributed by atoms with van der Waals surface area (Å²) < 4.78 is 4.92. The van der Waals surface area contributed by atoms with E-state index in [1.807, 2.05) is 0 Å². The number of carbonyl (C=O) groups is 1. The summed E-state index contributed by atoms with van der Waals surface area (Å²) in [7, 11) is 3.60. The van der Waals surface area contributed by atoms with Crippen LogP contribution in [-0.4, -0.2) is 51.2 Å². The van der Waals surface area contributed by atoms with Crippen molar-refractivity contribution in [2.45, 2.75) is 19.3 Å². The zero-order valence-corrected chi connectivity index (χ0v) is 10.8. The molecule has 4 nitrogen and oxygen atoms in total. The van der Waals surface area contributed by atoms with Crippen molar-refractivity contribution in [3.8, 4) is 0 Å². The van der Waals surface area contributed by atoms with Gasteiger partial charge in [-0.25, -0.2) is 4.79 Å². The van der Waals surface area contributed by atoms with E-state index in [2.05, 4.69) is 17.3 Å². The van der Waals surface area contributed by atoms with Crippen molar-refractivity contribution in [1.29, 1.82) is 0 Å². The van der Waals surface area contributed by atoms with E-state index in [9.17, 15) is 4.79 Å². The predicted octanol–water partition coefficient (Wildman–Crippen LogP) is 0.791. The fourth-order valence-electron chi connectivity index (χ4n) is 2.83. The van der Waals surface area contributed by atoms with Gasteiger partial charge in [0.05, 0.1) is 7.11 Å². The monoisotopic (exact) mass is 238 g/mol. The molecule has 1 saturated heterocycles. The maximum Gasteiger partial charge on any atom is 0.333 e. The molecule has 2 aliphatic heterocycles. The molecule has 96 valence electrons. The second kappa shape index (κ2) is 5.65. The summed E-state index contributed by atoms with van der Waals surface area (Å²) in [4.78, 5) is 14.1. The Balaban J connectivity index is 2.21. The number of hydrogen-bond acceptors (Lipinski definition) is 4. The highest BCUT2D eigenvalue weighted by Crippen LogP contribution is 2.29. The molecule has 1 N–H and O–H groups in total. The molecule has 0 unspecified atom stereocenters. The average molecular weight is 238 g/mol. The molecule has 0 saturated carbocycles. The lowest BCUT2D eigenvalue weighted by Gasteiger charge is -2.33. The SMILES string of the molecule is COC(=O)C1=C(C2CCNCC2)CN(C)CC1. The van der Waals surface area contributed by atoms with Crippen LogP contribution in [0.5, 0.6) is 0 Å². The van der Waals surface area contributed by atoms with Crippen LogP contribution in [0, 0.1) is 5.92 Å². The molecule has 0 atom stereocenters. The molecule has 17 heavy (non-hydrogen) atoms. The van der Waals surface area contributed by atoms with Gasteiger partial charge in [0, 0.05) is 18.7 Å². The Kier molecular flexibility index (Phi) is 4.18. The predicted molar refractivity (Wildman–Crippen MR) is 66.7 cm³/mol. The van der Waals surface area contributed by atoms with Crippen molar-refractivity contribution in [2.75, 3.05) is 40.3 Å². The molecular formula is C13H22N2O2. The van der Waals surface area contributed by atoms with Crippen LogP contribution in [0.25, 0.3) is 0 Å². The third kappa shape index (κ3) is 2.87. The Labute approximate surface area is 103 Å². The minimum Gasteiger partial charge on any atom is -0.466 e. The van der Waals surface area contributed by atoms with Crippen LogP contribution in [0.1, 0.15) is 19.3 Å². The van der Waals surface area contributed by atoms with E-state index in [1.165, 1.54) is 12.7 Å². The van der Waals surface area contributed by atoms with Gasteiger partial charge in [0.25, 0.3) is 0 Å². The fraction of sp³-hybridized carbons (Fsp3) is 0.769. The number of nitrogens with one attached hydrogen (secondary N) is 1. The summed E-state index contributed by atoms with van der Waals surface area (Å²) in [5, 5.41) is 3.37. The van der Waals surface area contributed by atoms with E-state index < -0.39 is 0 Å². The lowest BCUT2D eigenvalue weighted by Crippen LogP contribution is -2.37. The third-order valence-corrected chi connectivity index (χ3v) is 3.84. The second-order valence-electron chi connectivity index (χ2n) is 5.01. The number of methoxy groups -OCH3 is 1. The van der Waals surface area contributed by atoms with Crippen LogP contribution >= 0.6 is 0 Å². The van der Waals surface area contributed by atoms with Crippen molar-refractivity contribution < 1.29 is 9.53 Å². The number of rotatable bonds is 2. The Hall–Kier alpha value is -0.870. The lowest BCUT2D eigenvalue weighted by atomic mass is 9.84. The molecule has 0 aliphatic carbocycles. The van der Waals surface area contributed by atoms with Crippen LogP contribution in [0.3, 0.4) is 0 Å². The van der Waals surface area contributed by atoms with Gasteiger partial charge in [0.1, 0.15) is 0 Å². The van der Waals surface area contributed by atoms with Crippen LogP contribution < -0.4 is 5.32 Å². The van der Waals surface area contributed by atoms with Gasteiger partial charge in [-0.1, -0.05) is 0 Å². The quantitative estimate of drug-likeness (QED) is 0.722. The first kappa shape index (κ1) is 12.6. The van der Waals surface area contributed by atoms with E-state index in [0.29, 0.717) is 5.92 Å². The summed E-state index contributed by atoms with van der Waals surface area (Å²) in [5.74, 6) is 0.444. The van der Waals surface area contributed by atoms with Crippen LogP contribution in [-0.2, 0) is 9.53 Å². The zero-order valence-electron chi connectivity index (χ0n) is 10.8. The first-order chi connectivity index (χ1) is 8.22. The van der Waals surface area contributed by atoms with Crippen LogP contribution in [0.15, 0.2) is 11.1 Å². The third-order valence-electron chi connectivity index (χ3n) is 3.84. The molecule has 0 spiro atoms. The number of likely N-dealkylation sites (N-methyl/N-ethyl adjacent to an activating group) is 1. The highest BCUT2D eigenvalue weighted by molar-refractivity contribution is 5.89. The minimum absolute atomic E-state index is 0.119. The molecule has 0 bridgehead atoms. The van der Waals surface area contributed by atoms with Gasteiger partial charge in [0.2, 0.25) is 0 Å². The fourth-order valence-corrected chi connectivity index (χ4v) is 2.83. The van der Waals surface area contributed by atoms with Gasteiger partial charge in [-0.05, 0) is 50.9 Å². The van der Waals surface area contributed by atoms with Crippen LogP contribution in [0.2, 0.25) is 0 Å². The summed E-state index contributed by atoms with van der Waals surface area (Å²) in [6.07, 6.45) is 3.12. The Morgan fingerprint density at radius 2 is 2.12 bits per heavy atom. The first-order valence-corrected chi connectivity index (χ1v) is 6.42. The standard InChI is InChI=1S/C13H22N2O2/c1-15-8-5-11(13(16)17-2)12(9-15)10-3-6-14-7-4-10/h10,14H,3-9H2,1-2H3. The summed E-state index contributed by atoms with van der Waals surface area (Å²) in [5.41, 5.74) is 2.27. The van der Waals surface area contributed by atoms with Gasteiger partial charge in [-0.3, -0.25) is 0 Å². The van der Waals surface area contributed by atoms with E-state index in [4.69, 9.17) is 4.74 Å². The van der Waals surface area contributed by atoms with E-state index in [1.54, 1.807) is 0 Å². The van der Waals surface area contributed by atoms with Crippen LogP contribution in [0.4, 0.5) is 0 Å². The molecular weight excluding hydrogens is 216 g/mol. The molecule has 0 aromatic rings. The number of ether oxygens (including phenoxy) is 1. The number of piperidine rings is 1. The van der Waals surface area contributed by atoms with Crippen molar-refractivity contribution in [2.24, 2.45) is 5.92 Å². The van der Waals surface area contributed by atoms with Gasteiger partial charge < -0.3 is 15.0 Å². The van der Waals surface area contributed by atoms with Crippen molar-refractivity contribution in [3.63, 3.8) is 0 Å². The molecule has 1 fully saturated rings. The Morgan fingerprint density at radius 1 is 1.41 bits per heavy atom. The maximum atomic E-state index is 11.8. The molecule has 4 heteroatoms. The average Bonchev–Trinajstić information content (AvgIpc) is 2.39. The van der Waals surface area contributed by atoms with E-state index in [0.717, 1.165) is 51.0 Å². The Bertz CT molecular complexity index is 319. The zero-order chi connectivity index (χ0) is 12.3. The molecule has 2 rings (SSSR count). The maximum absolute atomic E-state index is 11.8. The van der Waals surface area contributed by atoms with Crippen molar-refractivity contribution in [3.05, 3.63) is 11.1 Å². The van der Waals surface area contributed by atoms with Gasteiger partial charge in [-0.15, -0.1) is 0 Å². The number of carbonyl (C=O) groups excluding carboxylic acids is 1. The molecule has 2 aliphatic rings. The molecule has 0 aromatic heterocycles. The van der Waals surface area contributed by atoms with E-state index in [-0.39, 0.29) is 5.97 Å². The Morgan fingerprint density at radius 3 is 2.76 bits per heavy atom. The number of nitrogens with zero attached hydrogens (tertiary/aromatic N) is 1. The second-order valence-corrected chi connectivity index (χ2v) is 5.01. The highest BCUT2D eigenvalue weighted by atomic mass is 16.5. The minimum atomic E-state index is -0.119. The van der Waals surface area contributed by atoms with Gasteiger partial charge >= 0.3 is 5.97 Å². The summed E-state index contributed by atoms with van der Waals surface area (Å²) in [6.45, 7) is 4.01. The summed E-state index contributed by atoms with van der Waals surface area (Å²) >= 11 is 0. The van der Waals surface area contributed by atoms with Crippen molar-refractivity contribution >= 4 is 5.97 Å². The molecule has 0 radical (unpaired) electrons. The smallest absolute Gasteiger partial charge is 0.333 e. The van der Waals surface area contributed by atoms with Crippen molar-refractivity contribution in [1.82, 2.24) is 10.2 Å². The highest BCUT2D eigenvalue weighted by Gasteiger charge is 2.28. The largest absolute Gasteiger partial charge is 0.466 e. The lowest BCUT2D eigenvalue weighted by molar-refractivity contribution is -0.136.